The quantitative estimate of drug-likeness (QED) is 0.806. The van der Waals surface area contributed by atoms with Crippen molar-refractivity contribution in [3.05, 3.63) is 22.9 Å². The molecule has 92 valence electrons. The minimum atomic E-state index is -0.297. The van der Waals surface area contributed by atoms with E-state index in [1.807, 2.05) is 13.8 Å². The molecule has 0 aliphatic heterocycles. The molecule has 0 fully saturated rings. The fraction of sp³-hybridized carbons (Fsp3) is 0.500. The normalized spacial score (nSPS) is 14.8. The summed E-state index contributed by atoms with van der Waals surface area (Å²) in [4.78, 5) is 15.4. The van der Waals surface area contributed by atoms with Gasteiger partial charge < -0.3 is 5.32 Å². The number of nitrogens with zero attached hydrogens (tertiary/aromatic N) is 3. The molecule has 0 saturated heterocycles. The van der Waals surface area contributed by atoms with E-state index in [0.717, 1.165) is 6.42 Å². The largest absolute Gasteiger partial charge is 0.364 e. The molecule has 17 heavy (non-hydrogen) atoms. The van der Waals surface area contributed by atoms with Gasteiger partial charge in [0, 0.05) is 17.5 Å². The third-order valence-electron chi connectivity index (χ3n) is 2.81. The summed E-state index contributed by atoms with van der Waals surface area (Å²) in [6.45, 7) is 4.07. The van der Waals surface area contributed by atoms with Crippen molar-refractivity contribution >= 4 is 23.1 Å². The van der Waals surface area contributed by atoms with Gasteiger partial charge in [0.25, 0.3) is 0 Å². The van der Waals surface area contributed by atoms with Crippen LogP contribution < -0.4 is 11.0 Å². The molecule has 0 aliphatic rings. The van der Waals surface area contributed by atoms with Gasteiger partial charge in [0.15, 0.2) is 5.65 Å². The van der Waals surface area contributed by atoms with Crippen LogP contribution in [0.2, 0.25) is 0 Å². The van der Waals surface area contributed by atoms with E-state index in [1.165, 1.54) is 10.7 Å². The highest BCUT2D eigenvalue weighted by atomic mass is 35.5. The average Bonchev–Trinajstić information content (AvgIpc) is 2.70. The summed E-state index contributed by atoms with van der Waals surface area (Å²) in [5.74, 6) is 1.13. The molecule has 2 aromatic heterocycles. The molecule has 0 spiro atoms. The Morgan fingerprint density at radius 1 is 1.65 bits per heavy atom. The van der Waals surface area contributed by atoms with Crippen molar-refractivity contribution in [3.63, 3.8) is 0 Å². The summed E-state index contributed by atoms with van der Waals surface area (Å²) in [5, 5.41) is 9.48. The smallest absolute Gasteiger partial charge is 0.348 e. The molecule has 1 atom stereocenters. The van der Waals surface area contributed by atoms with Crippen molar-refractivity contribution in [1.82, 2.24) is 19.6 Å². The van der Waals surface area contributed by atoms with Gasteiger partial charge >= 0.3 is 5.69 Å². The van der Waals surface area contributed by atoms with Crippen molar-refractivity contribution in [3.8, 4) is 0 Å². The SMILES string of the molecule is CCC(C)(CCl)Nc1cc2n[nH]c(=O)n2cn1. The molecule has 0 bridgehead atoms. The van der Waals surface area contributed by atoms with Crippen LogP contribution in [0.15, 0.2) is 17.2 Å². The Kier molecular flexibility index (Phi) is 3.06. The molecule has 7 heteroatoms. The highest BCUT2D eigenvalue weighted by molar-refractivity contribution is 6.18. The molecule has 6 nitrogen and oxygen atoms in total. The van der Waals surface area contributed by atoms with E-state index in [1.54, 1.807) is 6.07 Å². The first-order valence-corrected chi connectivity index (χ1v) is 5.88. The van der Waals surface area contributed by atoms with Gasteiger partial charge in [-0.25, -0.2) is 19.3 Å². The highest BCUT2D eigenvalue weighted by Crippen LogP contribution is 2.18. The van der Waals surface area contributed by atoms with Gasteiger partial charge in [-0.15, -0.1) is 11.6 Å². The Labute approximate surface area is 103 Å². The monoisotopic (exact) mass is 255 g/mol. The van der Waals surface area contributed by atoms with Crippen LogP contribution in [0.5, 0.6) is 0 Å². The number of rotatable bonds is 4. The number of hydrogen-bond donors (Lipinski definition) is 2. The van der Waals surface area contributed by atoms with Crippen LogP contribution in [0.3, 0.4) is 0 Å². The second kappa shape index (κ2) is 4.37. The summed E-state index contributed by atoms with van der Waals surface area (Å²) in [7, 11) is 0. The van der Waals surface area contributed by atoms with Gasteiger partial charge in [-0.2, -0.15) is 5.10 Å². The molecule has 0 aliphatic carbocycles. The number of halogens is 1. The molecule has 0 saturated carbocycles. The second-order valence-corrected chi connectivity index (χ2v) is 4.47. The van der Waals surface area contributed by atoms with Gasteiger partial charge in [0.2, 0.25) is 0 Å². The minimum Gasteiger partial charge on any atom is -0.364 e. The van der Waals surface area contributed by atoms with Crippen LogP contribution in [0.25, 0.3) is 5.65 Å². The first-order valence-electron chi connectivity index (χ1n) is 5.35. The molecular formula is C10H14ClN5O. The van der Waals surface area contributed by atoms with E-state index >= 15 is 0 Å². The summed E-state index contributed by atoms with van der Waals surface area (Å²) >= 11 is 5.91. The van der Waals surface area contributed by atoms with Crippen molar-refractivity contribution < 1.29 is 0 Å². The molecule has 2 N–H and O–H groups in total. The van der Waals surface area contributed by atoms with Crippen LogP contribution in [0, 0.1) is 0 Å². The summed E-state index contributed by atoms with van der Waals surface area (Å²) in [6, 6.07) is 1.71. The Balaban J connectivity index is 2.34. The lowest BCUT2D eigenvalue weighted by atomic mass is 10.0. The summed E-state index contributed by atoms with van der Waals surface area (Å²) in [6.07, 6.45) is 2.31. The standard InChI is InChI=1S/C10H14ClN5O/c1-3-10(2,5-11)13-7-4-8-14-15-9(17)16(8)6-12-7/h4,6,13H,3,5H2,1-2H3,(H,15,17). The summed E-state index contributed by atoms with van der Waals surface area (Å²) < 4.78 is 1.34. The number of nitrogens with one attached hydrogen (secondary N) is 2. The van der Waals surface area contributed by atoms with Gasteiger partial charge in [-0.1, -0.05) is 6.92 Å². The molecule has 1 unspecified atom stereocenters. The van der Waals surface area contributed by atoms with Crippen LogP contribution in [0.1, 0.15) is 20.3 Å². The first-order chi connectivity index (χ1) is 8.08. The summed E-state index contributed by atoms with van der Waals surface area (Å²) in [5.41, 5.74) is 0.0129. The fourth-order valence-corrected chi connectivity index (χ4v) is 1.66. The van der Waals surface area contributed by atoms with Gasteiger partial charge in [0.1, 0.15) is 12.1 Å². The number of anilines is 1. The van der Waals surface area contributed by atoms with Gasteiger partial charge in [0.05, 0.1) is 0 Å². The number of fused-ring (bicyclic) bond motifs is 1. The number of H-pyrrole nitrogens is 1. The molecule has 2 aromatic rings. The zero-order chi connectivity index (χ0) is 12.5. The lowest BCUT2D eigenvalue weighted by Crippen LogP contribution is -2.36. The lowest BCUT2D eigenvalue weighted by molar-refractivity contribution is 0.551. The molecule has 0 radical (unpaired) electrons. The zero-order valence-corrected chi connectivity index (χ0v) is 10.5. The van der Waals surface area contributed by atoms with Crippen molar-refractivity contribution in [1.29, 1.82) is 0 Å². The fourth-order valence-electron chi connectivity index (χ4n) is 1.40. The molecule has 2 rings (SSSR count). The van der Waals surface area contributed by atoms with Crippen molar-refractivity contribution in [2.45, 2.75) is 25.8 Å². The van der Waals surface area contributed by atoms with E-state index in [0.29, 0.717) is 17.3 Å². The van der Waals surface area contributed by atoms with Crippen LogP contribution in [-0.4, -0.2) is 31.0 Å². The predicted octanol–water partition coefficient (Wildman–Crippen LogP) is 1.24. The number of aromatic nitrogens is 4. The van der Waals surface area contributed by atoms with Crippen LogP contribution >= 0.6 is 11.6 Å². The highest BCUT2D eigenvalue weighted by Gasteiger charge is 2.21. The Morgan fingerprint density at radius 2 is 2.41 bits per heavy atom. The van der Waals surface area contributed by atoms with E-state index in [4.69, 9.17) is 11.6 Å². The van der Waals surface area contributed by atoms with Crippen molar-refractivity contribution in [2.24, 2.45) is 0 Å². The maximum absolute atomic E-state index is 11.3. The van der Waals surface area contributed by atoms with E-state index < -0.39 is 0 Å². The first kappa shape index (κ1) is 11.9. The molecule has 2 heterocycles. The molecule has 0 amide bonds. The number of alkyl halides is 1. The van der Waals surface area contributed by atoms with E-state index in [9.17, 15) is 4.79 Å². The maximum atomic E-state index is 11.3. The Morgan fingerprint density at radius 3 is 3.06 bits per heavy atom. The number of aromatic amines is 1. The van der Waals surface area contributed by atoms with Crippen molar-refractivity contribution in [2.75, 3.05) is 11.2 Å². The van der Waals surface area contributed by atoms with Gasteiger partial charge in [-0.05, 0) is 13.3 Å². The third-order valence-corrected chi connectivity index (χ3v) is 3.40. The zero-order valence-electron chi connectivity index (χ0n) is 9.70. The lowest BCUT2D eigenvalue weighted by Gasteiger charge is -2.27. The molecule has 0 aromatic carbocycles. The Bertz CT molecular complexity index is 571. The van der Waals surface area contributed by atoms with Crippen LogP contribution in [0.4, 0.5) is 5.82 Å². The van der Waals surface area contributed by atoms with E-state index in [-0.39, 0.29) is 11.2 Å². The van der Waals surface area contributed by atoms with Crippen LogP contribution in [-0.2, 0) is 0 Å². The predicted molar refractivity (Wildman–Crippen MR) is 66.6 cm³/mol. The third kappa shape index (κ3) is 2.26. The van der Waals surface area contributed by atoms with E-state index in [2.05, 4.69) is 20.5 Å². The maximum Gasteiger partial charge on any atom is 0.348 e. The van der Waals surface area contributed by atoms with Gasteiger partial charge in [-0.3, -0.25) is 0 Å². The minimum absolute atomic E-state index is 0.219. The number of hydrogen-bond acceptors (Lipinski definition) is 4. The molecular weight excluding hydrogens is 242 g/mol. The average molecular weight is 256 g/mol. The Hall–Kier alpha value is -1.56. The topological polar surface area (TPSA) is 75.1 Å². The second-order valence-electron chi connectivity index (χ2n) is 4.20.